The minimum absolute atomic E-state index is 0.230. The van der Waals surface area contributed by atoms with Crippen molar-refractivity contribution < 1.29 is 9.50 Å². The van der Waals surface area contributed by atoms with Gasteiger partial charge in [0.05, 0.1) is 5.60 Å². The summed E-state index contributed by atoms with van der Waals surface area (Å²) in [5, 5.41) is 14.1. The van der Waals surface area contributed by atoms with Crippen LogP contribution in [0.5, 0.6) is 0 Å². The summed E-state index contributed by atoms with van der Waals surface area (Å²) in [6, 6.07) is 4.83. The van der Waals surface area contributed by atoms with Crippen molar-refractivity contribution in [2.45, 2.75) is 31.8 Å². The average molecular weight is 316 g/mol. The van der Waals surface area contributed by atoms with E-state index in [-0.39, 0.29) is 11.7 Å². The average Bonchev–Trinajstić information content (AvgIpc) is 2.27. The summed E-state index contributed by atoms with van der Waals surface area (Å²) in [6.45, 7) is 3.75. The van der Waals surface area contributed by atoms with Gasteiger partial charge in [-0.1, -0.05) is 22.9 Å². The number of nitrogens with one attached hydrogen (secondary N) is 1. The van der Waals surface area contributed by atoms with Crippen molar-refractivity contribution >= 4 is 15.9 Å². The van der Waals surface area contributed by atoms with Crippen LogP contribution in [0.4, 0.5) is 4.39 Å². The van der Waals surface area contributed by atoms with E-state index in [0.717, 1.165) is 36.0 Å². The zero-order valence-corrected chi connectivity index (χ0v) is 12.1. The Labute approximate surface area is 116 Å². The minimum atomic E-state index is -0.715. The fraction of sp³-hybridized carbons (Fsp3) is 0.571. The molecule has 0 aliphatic carbocycles. The Balaban J connectivity index is 2.19. The van der Waals surface area contributed by atoms with Crippen molar-refractivity contribution in [3.05, 3.63) is 34.1 Å². The van der Waals surface area contributed by atoms with E-state index < -0.39 is 5.60 Å². The molecular weight excluding hydrogens is 297 g/mol. The van der Waals surface area contributed by atoms with Gasteiger partial charge in [-0.3, -0.25) is 0 Å². The Morgan fingerprint density at radius 3 is 2.94 bits per heavy atom. The third-order valence-corrected chi connectivity index (χ3v) is 4.27. The molecule has 1 fully saturated rings. The SMILES string of the molecule is CCC1CNCCC1(O)Cc1cc(F)cc(Br)c1. The van der Waals surface area contributed by atoms with Crippen LogP contribution in [0.2, 0.25) is 0 Å². The van der Waals surface area contributed by atoms with Crippen LogP contribution in [0.1, 0.15) is 25.3 Å². The van der Waals surface area contributed by atoms with Gasteiger partial charge in [0.15, 0.2) is 0 Å². The quantitative estimate of drug-likeness (QED) is 0.899. The molecule has 1 aliphatic heterocycles. The first-order chi connectivity index (χ1) is 8.53. The van der Waals surface area contributed by atoms with Crippen LogP contribution in [-0.2, 0) is 6.42 Å². The molecule has 0 aromatic heterocycles. The Morgan fingerprint density at radius 1 is 1.50 bits per heavy atom. The summed E-state index contributed by atoms with van der Waals surface area (Å²) in [4.78, 5) is 0. The van der Waals surface area contributed by atoms with Crippen LogP contribution in [0.15, 0.2) is 22.7 Å². The molecule has 2 unspecified atom stereocenters. The summed E-state index contributed by atoms with van der Waals surface area (Å²) < 4.78 is 14.1. The van der Waals surface area contributed by atoms with E-state index in [1.165, 1.54) is 12.1 Å². The minimum Gasteiger partial charge on any atom is -0.389 e. The predicted molar refractivity (Wildman–Crippen MR) is 74.0 cm³/mol. The van der Waals surface area contributed by atoms with E-state index in [9.17, 15) is 9.50 Å². The van der Waals surface area contributed by atoms with Crippen LogP contribution in [-0.4, -0.2) is 23.8 Å². The second-order valence-electron chi connectivity index (χ2n) is 5.12. The fourth-order valence-electron chi connectivity index (χ4n) is 2.80. The van der Waals surface area contributed by atoms with Gasteiger partial charge >= 0.3 is 0 Å². The van der Waals surface area contributed by atoms with Crippen molar-refractivity contribution in [2.24, 2.45) is 5.92 Å². The van der Waals surface area contributed by atoms with Gasteiger partial charge in [0.1, 0.15) is 5.82 Å². The first-order valence-corrected chi connectivity index (χ1v) is 7.21. The Morgan fingerprint density at radius 2 is 2.28 bits per heavy atom. The molecule has 2 nitrogen and oxygen atoms in total. The van der Waals surface area contributed by atoms with Gasteiger partial charge in [0.2, 0.25) is 0 Å². The zero-order valence-electron chi connectivity index (χ0n) is 10.5. The van der Waals surface area contributed by atoms with Crippen molar-refractivity contribution in [1.29, 1.82) is 0 Å². The van der Waals surface area contributed by atoms with Gasteiger partial charge in [-0.05, 0) is 43.1 Å². The highest BCUT2D eigenvalue weighted by Gasteiger charge is 2.37. The Hall–Kier alpha value is -0.450. The zero-order chi connectivity index (χ0) is 13.2. The maximum absolute atomic E-state index is 13.4. The Kier molecular flexibility index (Phi) is 4.41. The molecule has 0 amide bonds. The first kappa shape index (κ1) is 14.0. The lowest BCUT2D eigenvalue weighted by molar-refractivity contribution is -0.0414. The van der Waals surface area contributed by atoms with Crippen molar-refractivity contribution in [2.75, 3.05) is 13.1 Å². The van der Waals surface area contributed by atoms with E-state index in [1.807, 2.05) is 6.07 Å². The van der Waals surface area contributed by atoms with Crippen LogP contribution >= 0.6 is 15.9 Å². The summed E-state index contributed by atoms with van der Waals surface area (Å²) in [7, 11) is 0. The van der Waals surface area contributed by atoms with E-state index in [4.69, 9.17) is 0 Å². The summed E-state index contributed by atoms with van der Waals surface area (Å²) in [6.07, 6.45) is 2.17. The standard InChI is InChI=1S/C14H19BrFNO/c1-2-11-9-17-4-3-14(11,18)8-10-5-12(15)7-13(16)6-10/h5-7,11,17-18H,2-4,8-9H2,1H3. The number of benzene rings is 1. The number of aliphatic hydroxyl groups is 1. The van der Waals surface area contributed by atoms with Crippen LogP contribution in [0.25, 0.3) is 0 Å². The third-order valence-electron chi connectivity index (χ3n) is 3.81. The van der Waals surface area contributed by atoms with E-state index in [0.29, 0.717) is 6.42 Å². The largest absolute Gasteiger partial charge is 0.389 e. The predicted octanol–water partition coefficient (Wildman–Crippen LogP) is 2.88. The molecule has 1 aromatic carbocycles. The summed E-state index contributed by atoms with van der Waals surface area (Å²) >= 11 is 3.29. The van der Waals surface area contributed by atoms with Gasteiger partial charge in [-0.25, -0.2) is 4.39 Å². The summed E-state index contributed by atoms with van der Waals surface area (Å²) in [5.74, 6) is -0.0294. The van der Waals surface area contributed by atoms with Gasteiger partial charge in [-0.2, -0.15) is 0 Å². The molecule has 1 aliphatic rings. The lowest BCUT2D eigenvalue weighted by atomic mass is 9.76. The molecule has 0 saturated carbocycles. The maximum Gasteiger partial charge on any atom is 0.124 e. The lowest BCUT2D eigenvalue weighted by Crippen LogP contribution is -2.51. The van der Waals surface area contributed by atoms with Crippen LogP contribution < -0.4 is 5.32 Å². The van der Waals surface area contributed by atoms with Gasteiger partial charge in [0, 0.05) is 23.4 Å². The maximum atomic E-state index is 13.4. The van der Waals surface area contributed by atoms with E-state index >= 15 is 0 Å². The van der Waals surface area contributed by atoms with Crippen LogP contribution in [0.3, 0.4) is 0 Å². The molecule has 1 aromatic rings. The molecule has 2 N–H and O–H groups in total. The van der Waals surface area contributed by atoms with Crippen molar-refractivity contribution in [1.82, 2.24) is 5.32 Å². The fourth-order valence-corrected chi connectivity index (χ4v) is 3.31. The molecule has 1 saturated heterocycles. The first-order valence-electron chi connectivity index (χ1n) is 6.41. The normalized spacial score (nSPS) is 28.3. The number of hydrogen-bond acceptors (Lipinski definition) is 2. The molecule has 0 bridgehead atoms. The number of hydrogen-bond donors (Lipinski definition) is 2. The number of piperidine rings is 1. The monoisotopic (exact) mass is 315 g/mol. The smallest absolute Gasteiger partial charge is 0.124 e. The van der Waals surface area contributed by atoms with Crippen molar-refractivity contribution in [3.8, 4) is 0 Å². The topological polar surface area (TPSA) is 32.3 Å². The van der Waals surface area contributed by atoms with E-state index in [2.05, 4.69) is 28.2 Å². The van der Waals surface area contributed by atoms with Gasteiger partial charge in [0.25, 0.3) is 0 Å². The number of halogens is 2. The third kappa shape index (κ3) is 3.11. The molecule has 1 heterocycles. The van der Waals surface area contributed by atoms with E-state index in [1.54, 1.807) is 0 Å². The number of rotatable bonds is 3. The highest BCUT2D eigenvalue weighted by atomic mass is 79.9. The van der Waals surface area contributed by atoms with Crippen LogP contribution in [0, 0.1) is 11.7 Å². The molecule has 2 atom stereocenters. The highest BCUT2D eigenvalue weighted by molar-refractivity contribution is 9.10. The molecular formula is C14H19BrFNO. The van der Waals surface area contributed by atoms with Gasteiger partial charge < -0.3 is 10.4 Å². The molecule has 100 valence electrons. The summed E-state index contributed by atoms with van der Waals surface area (Å²) in [5.41, 5.74) is 0.137. The lowest BCUT2D eigenvalue weighted by Gasteiger charge is -2.40. The second kappa shape index (κ2) is 5.68. The highest BCUT2D eigenvalue weighted by Crippen LogP contribution is 2.31. The molecule has 4 heteroatoms. The molecule has 0 spiro atoms. The Bertz CT molecular complexity index is 406. The second-order valence-corrected chi connectivity index (χ2v) is 6.03. The molecule has 2 rings (SSSR count). The van der Waals surface area contributed by atoms with Gasteiger partial charge in [-0.15, -0.1) is 0 Å². The molecule has 0 radical (unpaired) electrons. The molecule has 18 heavy (non-hydrogen) atoms. The van der Waals surface area contributed by atoms with Crippen molar-refractivity contribution in [3.63, 3.8) is 0 Å².